The van der Waals surface area contributed by atoms with Crippen LogP contribution in [0.4, 0.5) is 0 Å². The number of nitrogens with zero attached hydrogens (tertiary/aromatic N) is 5. The Labute approximate surface area is 156 Å². The Morgan fingerprint density at radius 1 is 1.11 bits per heavy atom. The molecular weight excluding hydrogens is 346 g/mol. The molecule has 0 saturated carbocycles. The van der Waals surface area contributed by atoms with E-state index in [-0.39, 0.29) is 5.91 Å². The van der Waals surface area contributed by atoms with Gasteiger partial charge in [0.1, 0.15) is 0 Å². The van der Waals surface area contributed by atoms with E-state index in [4.69, 9.17) is 8.94 Å². The first-order valence-electron chi connectivity index (χ1n) is 9.04. The highest BCUT2D eigenvalue weighted by Crippen LogP contribution is 2.16. The molecule has 3 aromatic rings. The molecule has 1 aliphatic rings. The lowest BCUT2D eigenvalue weighted by atomic mass is 10.2. The first kappa shape index (κ1) is 17.4. The molecule has 4 rings (SSSR count). The maximum atomic E-state index is 12.5. The van der Waals surface area contributed by atoms with Crippen molar-refractivity contribution < 1.29 is 13.7 Å². The summed E-state index contributed by atoms with van der Waals surface area (Å²) in [5.41, 5.74) is 1.06. The molecule has 0 spiro atoms. The number of amides is 1. The molecule has 0 bridgehead atoms. The largest absolute Gasteiger partial charge is 0.461 e. The van der Waals surface area contributed by atoms with Gasteiger partial charge < -0.3 is 13.8 Å². The molecule has 27 heavy (non-hydrogen) atoms. The number of carbonyl (C=O) groups excluding carboxylic acids is 1. The van der Waals surface area contributed by atoms with Crippen molar-refractivity contribution in [2.75, 3.05) is 26.2 Å². The van der Waals surface area contributed by atoms with Gasteiger partial charge in [-0.05, 0) is 24.3 Å². The Balaban J connectivity index is 1.23. The van der Waals surface area contributed by atoms with Crippen molar-refractivity contribution in [1.82, 2.24) is 24.9 Å². The Morgan fingerprint density at radius 2 is 2.00 bits per heavy atom. The van der Waals surface area contributed by atoms with Crippen LogP contribution in [0.3, 0.4) is 0 Å². The topological polar surface area (TPSA) is 88.5 Å². The number of carbonyl (C=O) groups is 1. The first-order chi connectivity index (χ1) is 13.3. The summed E-state index contributed by atoms with van der Waals surface area (Å²) in [6.07, 6.45) is 4.16. The molecule has 4 heterocycles. The number of hydrogen-bond acceptors (Lipinski definition) is 7. The summed E-state index contributed by atoms with van der Waals surface area (Å²) in [6, 6.07) is 9.48. The molecule has 0 radical (unpaired) electrons. The summed E-state index contributed by atoms with van der Waals surface area (Å²) < 4.78 is 10.4. The lowest BCUT2D eigenvalue weighted by Gasteiger charge is -2.34. The van der Waals surface area contributed by atoms with Crippen molar-refractivity contribution in [3.63, 3.8) is 0 Å². The third kappa shape index (κ3) is 4.40. The van der Waals surface area contributed by atoms with Gasteiger partial charge in [0.05, 0.1) is 12.0 Å². The minimum absolute atomic E-state index is 0.116. The van der Waals surface area contributed by atoms with Crippen LogP contribution in [0.25, 0.3) is 11.6 Å². The second kappa shape index (κ2) is 8.13. The van der Waals surface area contributed by atoms with Gasteiger partial charge in [-0.2, -0.15) is 4.98 Å². The standard InChI is InChI=1S/C19H21N5O3/c25-18(7-6-17-21-19(22-27-17)16-5-3-13-26-16)24-11-9-23(10-12-24)14-15-4-1-2-8-20-15/h1-5,8,13H,6-7,9-12,14H2. The van der Waals surface area contributed by atoms with E-state index < -0.39 is 0 Å². The fourth-order valence-corrected chi connectivity index (χ4v) is 3.11. The van der Waals surface area contributed by atoms with Gasteiger partial charge in [-0.15, -0.1) is 0 Å². The fourth-order valence-electron chi connectivity index (χ4n) is 3.11. The highest BCUT2D eigenvalue weighted by atomic mass is 16.5. The van der Waals surface area contributed by atoms with Gasteiger partial charge in [0.25, 0.3) is 0 Å². The summed E-state index contributed by atoms with van der Waals surface area (Å²) in [5.74, 6) is 1.53. The van der Waals surface area contributed by atoms with Crippen LogP contribution in [0.2, 0.25) is 0 Å². The lowest BCUT2D eigenvalue weighted by Crippen LogP contribution is -2.48. The molecule has 1 aliphatic heterocycles. The van der Waals surface area contributed by atoms with Crippen molar-refractivity contribution in [3.8, 4) is 11.6 Å². The first-order valence-corrected chi connectivity index (χ1v) is 9.04. The molecule has 0 unspecified atom stereocenters. The average Bonchev–Trinajstić information content (AvgIpc) is 3.39. The molecule has 0 aromatic carbocycles. The molecule has 1 amide bonds. The number of piperazine rings is 1. The molecule has 1 fully saturated rings. The zero-order valence-corrected chi connectivity index (χ0v) is 15.0. The van der Waals surface area contributed by atoms with Crippen LogP contribution in [0, 0.1) is 0 Å². The second-order valence-electron chi connectivity index (χ2n) is 6.47. The molecule has 140 valence electrons. The zero-order valence-electron chi connectivity index (χ0n) is 15.0. The van der Waals surface area contributed by atoms with Gasteiger partial charge in [-0.25, -0.2) is 0 Å². The van der Waals surface area contributed by atoms with E-state index in [9.17, 15) is 4.79 Å². The van der Waals surface area contributed by atoms with Gasteiger partial charge in [0, 0.05) is 51.8 Å². The van der Waals surface area contributed by atoms with E-state index >= 15 is 0 Å². The molecule has 8 heteroatoms. The Kier molecular flexibility index (Phi) is 5.24. The number of pyridine rings is 1. The molecule has 0 atom stereocenters. The smallest absolute Gasteiger partial charge is 0.238 e. The Hall–Kier alpha value is -3.00. The monoisotopic (exact) mass is 367 g/mol. The fraction of sp³-hybridized carbons (Fsp3) is 0.368. The van der Waals surface area contributed by atoms with Crippen molar-refractivity contribution in [2.45, 2.75) is 19.4 Å². The van der Waals surface area contributed by atoms with Crippen molar-refractivity contribution >= 4 is 5.91 Å². The summed E-state index contributed by atoms with van der Waals surface area (Å²) in [4.78, 5) is 25.3. The number of rotatable bonds is 6. The van der Waals surface area contributed by atoms with E-state index in [0.717, 1.165) is 38.4 Å². The van der Waals surface area contributed by atoms with Crippen LogP contribution in [0.15, 0.2) is 51.7 Å². The van der Waals surface area contributed by atoms with E-state index in [0.29, 0.717) is 30.3 Å². The zero-order chi connectivity index (χ0) is 18.5. The van der Waals surface area contributed by atoms with Crippen LogP contribution in [0.5, 0.6) is 0 Å². The number of aromatic nitrogens is 3. The van der Waals surface area contributed by atoms with Gasteiger partial charge in [-0.1, -0.05) is 11.2 Å². The molecule has 0 N–H and O–H groups in total. The van der Waals surface area contributed by atoms with Crippen LogP contribution < -0.4 is 0 Å². The number of aryl methyl sites for hydroxylation is 1. The Morgan fingerprint density at radius 3 is 2.74 bits per heavy atom. The summed E-state index contributed by atoms with van der Waals surface area (Å²) >= 11 is 0. The van der Waals surface area contributed by atoms with E-state index in [2.05, 4.69) is 20.0 Å². The third-order valence-electron chi connectivity index (χ3n) is 4.60. The number of furan rings is 1. The maximum Gasteiger partial charge on any atom is 0.238 e. The highest BCUT2D eigenvalue weighted by molar-refractivity contribution is 5.76. The minimum atomic E-state index is 0.116. The lowest BCUT2D eigenvalue weighted by molar-refractivity contribution is -0.133. The highest BCUT2D eigenvalue weighted by Gasteiger charge is 2.22. The van der Waals surface area contributed by atoms with Crippen LogP contribution in [-0.4, -0.2) is 57.0 Å². The number of hydrogen-bond donors (Lipinski definition) is 0. The van der Waals surface area contributed by atoms with E-state index in [1.807, 2.05) is 29.3 Å². The molecule has 0 aliphatic carbocycles. The molecule has 3 aromatic heterocycles. The van der Waals surface area contributed by atoms with Crippen LogP contribution >= 0.6 is 0 Å². The Bertz CT molecular complexity index is 855. The van der Waals surface area contributed by atoms with Crippen molar-refractivity contribution in [3.05, 3.63) is 54.4 Å². The second-order valence-corrected chi connectivity index (χ2v) is 6.47. The summed E-state index contributed by atoms with van der Waals surface area (Å²) in [5, 5.41) is 3.88. The van der Waals surface area contributed by atoms with Crippen molar-refractivity contribution in [1.29, 1.82) is 0 Å². The molecular formula is C19H21N5O3. The predicted octanol–water partition coefficient (Wildman–Crippen LogP) is 2.00. The van der Waals surface area contributed by atoms with Crippen molar-refractivity contribution in [2.24, 2.45) is 0 Å². The quantitative estimate of drug-likeness (QED) is 0.658. The van der Waals surface area contributed by atoms with Gasteiger partial charge in [0.2, 0.25) is 17.6 Å². The van der Waals surface area contributed by atoms with E-state index in [1.165, 1.54) is 0 Å². The third-order valence-corrected chi connectivity index (χ3v) is 4.60. The maximum absolute atomic E-state index is 12.5. The van der Waals surface area contributed by atoms with Crippen LogP contribution in [-0.2, 0) is 17.8 Å². The average molecular weight is 367 g/mol. The normalized spacial score (nSPS) is 15.2. The van der Waals surface area contributed by atoms with Gasteiger partial charge in [-0.3, -0.25) is 14.7 Å². The summed E-state index contributed by atoms with van der Waals surface area (Å²) in [6.45, 7) is 3.98. The summed E-state index contributed by atoms with van der Waals surface area (Å²) in [7, 11) is 0. The molecule has 1 saturated heterocycles. The SMILES string of the molecule is O=C(CCc1nc(-c2ccco2)no1)N1CCN(Cc2ccccn2)CC1. The van der Waals surface area contributed by atoms with Crippen LogP contribution in [0.1, 0.15) is 18.0 Å². The van der Waals surface area contributed by atoms with Gasteiger partial charge >= 0.3 is 0 Å². The molecule has 8 nitrogen and oxygen atoms in total. The van der Waals surface area contributed by atoms with Gasteiger partial charge in [0.15, 0.2) is 5.76 Å². The minimum Gasteiger partial charge on any atom is -0.461 e. The van der Waals surface area contributed by atoms with E-state index in [1.54, 1.807) is 18.4 Å². The predicted molar refractivity (Wildman–Crippen MR) is 96.4 cm³/mol.